The number of nitrogens with zero attached hydrogens (tertiary/aromatic N) is 4. The molecule has 0 saturated carbocycles. The number of pyridine rings is 1. The normalized spacial score (nSPS) is 18.2. The number of aromatic nitrogens is 3. The Morgan fingerprint density at radius 1 is 1.32 bits per heavy atom. The second-order valence-corrected chi connectivity index (χ2v) is 5.62. The highest BCUT2D eigenvalue weighted by Crippen LogP contribution is 2.20. The summed E-state index contributed by atoms with van der Waals surface area (Å²) in [5.74, 6) is 1.75. The molecular formula is C15H22N4. The molecule has 1 fully saturated rings. The maximum absolute atomic E-state index is 4.65. The third-order valence-corrected chi connectivity index (χ3v) is 4.16. The van der Waals surface area contributed by atoms with Crippen LogP contribution in [-0.2, 0) is 6.42 Å². The van der Waals surface area contributed by atoms with Gasteiger partial charge < -0.3 is 4.90 Å². The van der Waals surface area contributed by atoms with Gasteiger partial charge in [-0.05, 0) is 63.0 Å². The van der Waals surface area contributed by atoms with Gasteiger partial charge in [0.2, 0.25) is 0 Å². The van der Waals surface area contributed by atoms with E-state index in [1.165, 1.54) is 38.0 Å². The summed E-state index contributed by atoms with van der Waals surface area (Å²) in [5.41, 5.74) is 2.21. The largest absolute Gasteiger partial charge is 0.304 e. The van der Waals surface area contributed by atoms with Crippen LogP contribution in [0.5, 0.6) is 0 Å². The van der Waals surface area contributed by atoms with Crippen LogP contribution < -0.4 is 0 Å². The first-order chi connectivity index (χ1) is 9.24. The van der Waals surface area contributed by atoms with Crippen LogP contribution >= 0.6 is 0 Å². The molecule has 4 heteroatoms. The summed E-state index contributed by atoms with van der Waals surface area (Å²) in [6, 6.07) is 4.17. The van der Waals surface area contributed by atoms with Gasteiger partial charge in [0, 0.05) is 12.6 Å². The molecule has 2 aromatic rings. The number of hydrogen-bond donors (Lipinski definition) is 0. The number of aryl methyl sites for hydroxylation is 1. The van der Waals surface area contributed by atoms with E-state index < -0.39 is 0 Å². The van der Waals surface area contributed by atoms with Crippen molar-refractivity contribution in [3.63, 3.8) is 0 Å². The summed E-state index contributed by atoms with van der Waals surface area (Å²) in [4.78, 5) is 7.17. The molecule has 102 valence electrons. The second kappa shape index (κ2) is 5.29. The van der Waals surface area contributed by atoms with Crippen molar-refractivity contribution < 1.29 is 0 Å². The Bertz CT molecular complexity index is 552. The van der Waals surface area contributed by atoms with E-state index in [1.54, 1.807) is 0 Å². The molecule has 0 amide bonds. The first-order valence-corrected chi connectivity index (χ1v) is 7.29. The van der Waals surface area contributed by atoms with Gasteiger partial charge in [0.1, 0.15) is 0 Å². The Morgan fingerprint density at radius 3 is 2.84 bits per heavy atom. The van der Waals surface area contributed by atoms with Crippen LogP contribution in [-0.4, -0.2) is 39.1 Å². The molecule has 0 spiro atoms. The van der Waals surface area contributed by atoms with E-state index >= 15 is 0 Å². The first kappa shape index (κ1) is 12.6. The third-order valence-electron chi connectivity index (χ3n) is 4.16. The molecule has 2 aromatic heterocycles. The van der Waals surface area contributed by atoms with Crippen LogP contribution in [0, 0.1) is 12.8 Å². The molecular weight excluding hydrogens is 236 g/mol. The Hall–Kier alpha value is -1.42. The van der Waals surface area contributed by atoms with Gasteiger partial charge in [-0.2, -0.15) is 5.10 Å². The van der Waals surface area contributed by atoms with Crippen molar-refractivity contribution in [2.75, 3.05) is 19.6 Å². The van der Waals surface area contributed by atoms with E-state index in [2.05, 4.69) is 41.0 Å². The quantitative estimate of drug-likeness (QED) is 0.847. The number of piperidine rings is 1. The van der Waals surface area contributed by atoms with Gasteiger partial charge in [-0.3, -0.25) is 0 Å². The second-order valence-electron chi connectivity index (χ2n) is 5.62. The summed E-state index contributed by atoms with van der Waals surface area (Å²) >= 11 is 0. The van der Waals surface area contributed by atoms with Crippen LogP contribution in [0.3, 0.4) is 0 Å². The lowest BCUT2D eigenvalue weighted by Crippen LogP contribution is -2.34. The predicted octanol–water partition coefficient (Wildman–Crippen LogP) is 2.31. The lowest BCUT2D eigenvalue weighted by atomic mass is 9.93. The Morgan fingerprint density at radius 2 is 2.11 bits per heavy atom. The first-order valence-electron chi connectivity index (χ1n) is 7.29. The van der Waals surface area contributed by atoms with E-state index in [-0.39, 0.29) is 0 Å². The van der Waals surface area contributed by atoms with Crippen molar-refractivity contribution in [2.24, 2.45) is 5.92 Å². The zero-order valence-corrected chi connectivity index (χ0v) is 11.8. The molecule has 0 bridgehead atoms. The number of hydrogen-bond acceptors (Lipinski definition) is 3. The molecule has 4 nitrogen and oxygen atoms in total. The van der Waals surface area contributed by atoms with Crippen LogP contribution in [0.1, 0.15) is 31.2 Å². The van der Waals surface area contributed by atoms with Gasteiger partial charge >= 0.3 is 0 Å². The summed E-state index contributed by atoms with van der Waals surface area (Å²) in [5, 5.41) is 4.58. The third kappa shape index (κ3) is 2.78. The van der Waals surface area contributed by atoms with E-state index in [1.807, 2.05) is 10.7 Å². The van der Waals surface area contributed by atoms with Gasteiger partial charge in [0.25, 0.3) is 0 Å². The Labute approximate surface area is 114 Å². The molecule has 1 aliphatic heterocycles. The molecule has 0 N–H and O–H groups in total. The molecule has 1 aliphatic rings. The fourth-order valence-corrected chi connectivity index (χ4v) is 2.88. The monoisotopic (exact) mass is 258 g/mol. The highest BCUT2D eigenvalue weighted by molar-refractivity contribution is 5.39. The Balaban J connectivity index is 1.68. The maximum Gasteiger partial charge on any atom is 0.155 e. The van der Waals surface area contributed by atoms with Crippen molar-refractivity contribution >= 4 is 5.65 Å². The summed E-state index contributed by atoms with van der Waals surface area (Å²) in [6.45, 7) is 7.97. The number of likely N-dealkylation sites (tertiary alicyclic amines) is 1. The molecule has 3 heterocycles. The molecule has 0 aromatic carbocycles. The van der Waals surface area contributed by atoms with Gasteiger partial charge in [0.05, 0.1) is 0 Å². The summed E-state index contributed by atoms with van der Waals surface area (Å²) in [7, 11) is 0. The predicted molar refractivity (Wildman–Crippen MR) is 76.3 cm³/mol. The van der Waals surface area contributed by atoms with Crippen molar-refractivity contribution in [3.05, 3.63) is 29.7 Å². The highest BCUT2D eigenvalue weighted by Gasteiger charge is 2.19. The maximum atomic E-state index is 4.65. The molecule has 0 aliphatic carbocycles. The van der Waals surface area contributed by atoms with Gasteiger partial charge in [-0.25, -0.2) is 9.50 Å². The highest BCUT2D eigenvalue weighted by atomic mass is 15.3. The molecule has 1 saturated heterocycles. The lowest BCUT2D eigenvalue weighted by molar-refractivity contribution is 0.191. The minimum atomic E-state index is 0.751. The lowest BCUT2D eigenvalue weighted by Gasteiger charge is -2.30. The molecule has 0 atom stereocenters. The van der Waals surface area contributed by atoms with E-state index in [4.69, 9.17) is 0 Å². The van der Waals surface area contributed by atoms with Gasteiger partial charge in [-0.1, -0.05) is 6.92 Å². The standard InChI is InChI=1S/C15H22N4/c1-3-18-7-5-13(6-8-18)11-14-16-15-10-12(2)4-9-19(15)17-14/h4,9-10,13H,3,5-8,11H2,1-2H3. The smallest absolute Gasteiger partial charge is 0.155 e. The van der Waals surface area contributed by atoms with Crippen LogP contribution in [0.4, 0.5) is 0 Å². The minimum absolute atomic E-state index is 0.751. The Kier molecular flexibility index (Phi) is 3.51. The minimum Gasteiger partial charge on any atom is -0.304 e. The molecule has 19 heavy (non-hydrogen) atoms. The van der Waals surface area contributed by atoms with Gasteiger partial charge in [0.15, 0.2) is 11.5 Å². The topological polar surface area (TPSA) is 33.4 Å². The van der Waals surface area contributed by atoms with Crippen LogP contribution in [0.2, 0.25) is 0 Å². The average Bonchev–Trinajstić information content (AvgIpc) is 2.81. The van der Waals surface area contributed by atoms with Crippen molar-refractivity contribution in [1.82, 2.24) is 19.5 Å². The fraction of sp³-hybridized carbons (Fsp3) is 0.600. The van der Waals surface area contributed by atoms with E-state index in [0.29, 0.717) is 0 Å². The van der Waals surface area contributed by atoms with E-state index in [0.717, 1.165) is 23.8 Å². The fourth-order valence-electron chi connectivity index (χ4n) is 2.88. The number of fused-ring (bicyclic) bond motifs is 1. The van der Waals surface area contributed by atoms with Crippen molar-refractivity contribution in [1.29, 1.82) is 0 Å². The molecule has 3 rings (SSSR count). The van der Waals surface area contributed by atoms with Gasteiger partial charge in [-0.15, -0.1) is 0 Å². The van der Waals surface area contributed by atoms with Crippen molar-refractivity contribution in [3.8, 4) is 0 Å². The van der Waals surface area contributed by atoms with E-state index in [9.17, 15) is 0 Å². The summed E-state index contributed by atoms with van der Waals surface area (Å²) in [6.07, 6.45) is 5.59. The van der Waals surface area contributed by atoms with Crippen LogP contribution in [0.25, 0.3) is 5.65 Å². The molecule has 0 radical (unpaired) electrons. The SMILES string of the molecule is CCN1CCC(Cc2nc3cc(C)ccn3n2)CC1. The number of rotatable bonds is 3. The average molecular weight is 258 g/mol. The van der Waals surface area contributed by atoms with Crippen LogP contribution in [0.15, 0.2) is 18.3 Å². The summed E-state index contributed by atoms with van der Waals surface area (Å²) < 4.78 is 1.89. The van der Waals surface area contributed by atoms with Crippen molar-refractivity contribution in [2.45, 2.75) is 33.1 Å². The molecule has 0 unspecified atom stereocenters. The zero-order chi connectivity index (χ0) is 13.2. The zero-order valence-electron chi connectivity index (χ0n) is 11.8.